The number of aromatic nitrogens is 1. The lowest BCUT2D eigenvalue weighted by molar-refractivity contribution is -0.137. The molecule has 0 unspecified atom stereocenters. The van der Waals surface area contributed by atoms with Gasteiger partial charge >= 0.3 is 6.18 Å². The fourth-order valence-electron chi connectivity index (χ4n) is 3.20. The van der Waals surface area contributed by atoms with Crippen molar-refractivity contribution >= 4 is 45.4 Å². The van der Waals surface area contributed by atoms with E-state index < -0.39 is 23.5 Å². The fraction of sp³-hybridized carbons (Fsp3) is 0.208. The summed E-state index contributed by atoms with van der Waals surface area (Å²) >= 11 is 2.67. The van der Waals surface area contributed by atoms with Crippen LogP contribution in [0.3, 0.4) is 0 Å². The smallest absolute Gasteiger partial charge is 0.364 e. The van der Waals surface area contributed by atoms with Crippen LogP contribution in [-0.4, -0.2) is 21.9 Å². The second-order valence-corrected chi connectivity index (χ2v) is 10.6. The van der Waals surface area contributed by atoms with Crippen molar-refractivity contribution in [2.75, 3.05) is 5.32 Å². The van der Waals surface area contributed by atoms with Crippen LogP contribution in [0.15, 0.2) is 58.4 Å². The number of primary amides is 1. The van der Waals surface area contributed by atoms with Crippen LogP contribution in [0.5, 0.6) is 0 Å². The summed E-state index contributed by atoms with van der Waals surface area (Å²) in [5.74, 6) is -1.42. The topological polar surface area (TPSA) is 91.9 Å². The van der Waals surface area contributed by atoms with E-state index in [2.05, 4.69) is 10.3 Å². The maximum Gasteiger partial charge on any atom is 0.416 e. The van der Waals surface area contributed by atoms with E-state index in [1.165, 1.54) is 60.4 Å². The van der Waals surface area contributed by atoms with Crippen molar-refractivity contribution in [3.05, 3.63) is 71.2 Å². The van der Waals surface area contributed by atoms with Gasteiger partial charge in [-0.15, -0.1) is 11.8 Å². The number of carbonyl (C=O) groups is 1. The number of thioether (sulfide) groups is 1. The lowest BCUT2D eigenvalue weighted by atomic mass is 9.99. The highest BCUT2D eigenvalue weighted by Crippen LogP contribution is 2.41. The van der Waals surface area contributed by atoms with Crippen molar-refractivity contribution in [1.29, 1.82) is 5.41 Å². The Morgan fingerprint density at radius 1 is 1.17 bits per heavy atom. The van der Waals surface area contributed by atoms with Gasteiger partial charge in [-0.2, -0.15) is 13.2 Å². The highest BCUT2D eigenvalue weighted by atomic mass is 32.2. The molecule has 3 aromatic rings. The minimum Gasteiger partial charge on any atom is -0.364 e. The Balaban J connectivity index is 2.10. The summed E-state index contributed by atoms with van der Waals surface area (Å²) in [5, 5.41) is 11.4. The molecule has 0 saturated carbocycles. The van der Waals surface area contributed by atoms with E-state index in [1.54, 1.807) is 6.07 Å². The van der Waals surface area contributed by atoms with E-state index in [4.69, 9.17) is 11.1 Å². The van der Waals surface area contributed by atoms with E-state index in [0.29, 0.717) is 11.3 Å². The number of allylic oxidation sites excluding steroid dienone is 1. The molecule has 0 aliphatic carbocycles. The van der Waals surface area contributed by atoms with Gasteiger partial charge < -0.3 is 16.5 Å². The Hall–Kier alpha value is -3.18. The van der Waals surface area contributed by atoms with Gasteiger partial charge in [0.1, 0.15) is 11.5 Å². The number of nitrogens with two attached hydrogens (primary N) is 1. The first kappa shape index (κ1) is 26.4. The first-order valence-corrected chi connectivity index (χ1v) is 12.0. The molecule has 0 atom stereocenters. The van der Waals surface area contributed by atoms with Crippen LogP contribution >= 0.6 is 23.1 Å². The molecule has 35 heavy (non-hydrogen) atoms. The number of hydrogen-bond acceptors (Lipinski definition) is 6. The quantitative estimate of drug-likeness (QED) is 0.131. The van der Waals surface area contributed by atoms with Gasteiger partial charge in [0.15, 0.2) is 5.13 Å². The van der Waals surface area contributed by atoms with Crippen LogP contribution in [-0.2, 0) is 11.0 Å². The second kappa shape index (κ2) is 10.6. The maximum atomic E-state index is 13.8. The Labute approximate surface area is 208 Å². The molecule has 0 spiro atoms. The minimum absolute atomic E-state index is 0.0202. The molecule has 11 heteroatoms. The molecule has 0 aliphatic rings. The summed E-state index contributed by atoms with van der Waals surface area (Å²) in [6.45, 7) is 5.37. The van der Waals surface area contributed by atoms with Crippen LogP contribution in [0.1, 0.15) is 31.9 Å². The lowest BCUT2D eigenvalue weighted by Gasteiger charge is -2.13. The van der Waals surface area contributed by atoms with Crippen molar-refractivity contribution in [3.63, 3.8) is 0 Å². The largest absolute Gasteiger partial charge is 0.416 e. The monoisotopic (exact) mass is 522 g/mol. The van der Waals surface area contributed by atoms with Gasteiger partial charge in [0, 0.05) is 22.1 Å². The Morgan fingerprint density at radius 3 is 2.34 bits per heavy atom. The number of nitrogens with one attached hydrogen (secondary N) is 2. The second-order valence-electron chi connectivity index (χ2n) is 7.77. The molecule has 184 valence electrons. The molecule has 2 aromatic carbocycles. The highest BCUT2D eigenvalue weighted by molar-refractivity contribution is 8.01. The molecule has 3 rings (SSSR count). The number of alkyl halides is 3. The molecule has 1 aromatic heterocycles. The van der Waals surface area contributed by atoms with Gasteiger partial charge in [-0.25, -0.2) is 9.37 Å². The number of hydrogen-bond donors (Lipinski definition) is 3. The summed E-state index contributed by atoms with van der Waals surface area (Å²) in [6, 6.07) is 10.1. The predicted molar refractivity (Wildman–Crippen MR) is 133 cm³/mol. The predicted octanol–water partition coefficient (Wildman–Crippen LogP) is 6.82. The van der Waals surface area contributed by atoms with Gasteiger partial charge in [0.25, 0.3) is 5.91 Å². The molecule has 1 heterocycles. The Bertz CT molecular complexity index is 1280. The van der Waals surface area contributed by atoms with Crippen molar-refractivity contribution in [3.8, 4) is 11.3 Å². The fourth-order valence-corrected chi connectivity index (χ4v) is 5.64. The van der Waals surface area contributed by atoms with Gasteiger partial charge in [-0.1, -0.05) is 49.4 Å². The maximum absolute atomic E-state index is 13.8. The highest BCUT2D eigenvalue weighted by Gasteiger charge is 2.30. The molecule has 0 fully saturated rings. The molecule has 0 aliphatic heterocycles. The third-order valence-electron chi connectivity index (χ3n) is 4.64. The van der Waals surface area contributed by atoms with E-state index in [9.17, 15) is 22.4 Å². The van der Waals surface area contributed by atoms with Gasteiger partial charge in [-0.05, 0) is 36.8 Å². The third-order valence-corrected chi connectivity index (χ3v) is 6.82. The number of thiazole rings is 1. The number of anilines is 1. The van der Waals surface area contributed by atoms with Crippen LogP contribution in [0, 0.1) is 11.2 Å². The van der Waals surface area contributed by atoms with Gasteiger partial charge in [0.05, 0.1) is 15.5 Å². The van der Waals surface area contributed by atoms with Gasteiger partial charge in [-0.3, -0.25) is 4.79 Å². The molecular weight excluding hydrogens is 500 g/mol. The van der Waals surface area contributed by atoms with Crippen LogP contribution in [0.2, 0.25) is 0 Å². The number of benzene rings is 2. The Morgan fingerprint density at radius 2 is 1.83 bits per heavy atom. The van der Waals surface area contributed by atoms with Crippen LogP contribution in [0.4, 0.5) is 22.7 Å². The first-order valence-electron chi connectivity index (χ1n) is 10.3. The normalized spacial score (nSPS) is 12.5. The summed E-state index contributed by atoms with van der Waals surface area (Å²) in [6.07, 6.45) is -4.46. The SMILES string of the molecule is CC(=N)/C(=C(\Nc1nc(-c2ccc(C(F)(F)F)cc2)c(SC(C)C)s1)C(N)=O)c1cccc(F)c1. The molecular formula is C24H22F4N4OS2. The van der Waals surface area contributed by atoms with Gasteiger partial charge in [0.2, 0.25) is 0 Å². The van der Waals surface area contributed by atoms with E-state index >= 15 is 0 Å². The number of halogens is 4. The molecule has 4 N–H and O–H groups in total. The summed E-state index contributed by atoms with van der Waals surface area (Å²) in [7, 11) is 0. The average molecular weight is 523 g/mol. The lowest BCUT2D eigenvalue weighted by Crippen LogP contribution is -2.23. The Kier molecular flexibility index (Phi) is 8.01. The zero-order valence-electron chi connectivity index (χ0n) is 19.0. The summed E-state index contributed by atoms with van der Waals surface area (Å²) in [5.41, 5.74) is 6.00. The van der Waals surface area contributed by atoms with Crippen molar-refractivity contribution in [2.45, 2.75) is 36.4 Å². The first-order chi connectivity index (χ1) is 16.4. The van der Waals surface area contributed by atoms with Crippen LogP contribution in [0.25, 0.3) is 16.8 Å². The van der Waals surface area contributed by atoms with E-state index in [1.807, 2.05) is 13.8 Å². The zero-order chi connectivity index (χ0) is 25.9. The van der Waals surface area contributed by atoms with E-state index in [-0.39, 0.29) is 32.9 Å². The number of nitrogens with zero attached hydrogens (tertiary/aromatic N) is 1. The molecule has 1 amide bonds. The minimum atomic E-state index is -4.46. The summed E-state index contributed by atoms with van der Waals surface area (Å²) < 4.78 is 53.5. The third kappa shape index (κ3) is 6.49. The van der Waals surface area contributed by atoms with E-state index in [0.717, 1.165) is 16.3 Å². The number of rotatable bonds is 8. The van der Waals surface area contributed by atoms with Crippen molar-refractivity contribution < 1.29 is 22.4 Å². The van der Waals surface area contributed by atoms with Crippen molar-refractivity contribution in [1.82, 2.24) is 4.98 Å². The summed E-state index contributed by atoms with van der Waals surface area (Å²) in [4.78, 5) is 16.9. The number of amides is 1. The number of carbonyl (C=O) groups excluding carboxylic acids is 1. The van der Waals surface area contributed by atoms with Crippen LogP contribution < -0.4 is 11.1 Å². The standard InChI is InChI=1S/C24H22F4N4OS2/c1-12(2)34-22-19(14-7-9-16(10-8-14)24(26,27)28)31-23(35-22)32-20(21(30)33)18(13(3)29)15-5-4-6-17(25)11-15/h4-12,29H,1-3H3,(H2,30,33)(H,31,32)/b20-18+,29-13?. The molecule has 0 saturated heterocycles. The molecule has 0 radical (unpaired) electrons. The van der Waals surface area contributed by atoms with Crippen molar-refractivity contribution in [2.24, 2.45) is 5.73 Å². The molecule has 5 nitrogen and oxygen atoms in total. The average Bonchev–Trinajstić information content (AvgIpc) is 3.14. The zero-order valence-corrected chi connectivity index (χ0v) is 20.6. The molecule has 0 bridgehead atoms.